The molecule has 0 spiro atoms. The second kappa shape index (κ2) is 8.57. The minimum absolute atomic E-state index is 0.0138. The number of carbonyl (C=O) groups excluding carboxylic acids is 1. The third kappa shape index (κ3) is 4.55. The Kier molecular flexibility index (Phi) is 5.87. The maximum absolute atomic E-state index is 12.8. The summed E-state index contributed by atoms with van der Waals surface area (Å²) in [5, 5.41) is 4.90. The fraction of sp³-hybridized carbons (Fsp3) is 0.364. The molecule has 2 heterocycles. The van der Waals surface area contributed by atoms with Gasteiger partial charge in [-0.05, 0) is 49.9 Å². The van der Waals surface area contributed by atoms with Crippen molar-refractivity contribution in [2.75, 3.05) is 19.6 Å². The molecule has 158 valence electrons. The first-order valence-corrected chi connectivity index (χ1v) is 11.6. The van der Waals surface area contributed by atoms with Crippen molar-refractivity contribution in [1.82, 2.24) is 14.8 Å². The number of fused-ring (bicyclic) bond motifs is 1. The van der Waals surface area contributed by atoms with Crippen molar-refractivity contribution in [2.45, 2.75) is 31.1 Å². The van der Waals surface area contributed by atoms with Crippen LogP contribution in [0.1, 0.15) is 24.1 Å². The van der Waals surface area contributed by atoms with Crippen LogP contribution < -0.4 is 4.72 Å². The molecule has 1 atom stereocenters. The number of sulfonamides is 1. The van der Waals surface area contributed by atoms with Gasteiger partial charge in [0.1, 0.15) is 5.69 Å². The molecule has 1 amide bonds. The molecule has 3 aromatic rings. The number of aryl methyl sites for hydroxylation is 1. The molecule has 8 heteroatoms. The normalized spacial score (nSPS) is 17.4. The number of hydrogen-bond acceptors (Lipinski definition) is 5. The smallest absolute Gasteiger partial charge is 0.240 e. The van der Waals surface area contributed by atoms with E-state index in [1.165, 1.54) is 0 Å². The molecule has 30 heavy (non-hydrogen) atoms. The van der Waals surface area contributed by atoms with E-state index in [0.29, 0.717) is 30.9 Å². The lowest BCUT2D eigenvalue weighted by Gasteiger charge is -2.32. The first-order valence-electron chi connectivity index (χ1n) is 10.1. The summed E-state index contributed by atoms with van der Waals surface area (Å²) in [5.41, 5.74) is 2.32. The fourth-order valence-corrected chi connectivity index (χ4v) is 4.92. The van der Waals surface area contributed by atoms with Crippen molar-refractivity contribution >= 4 is 26.9 Å². The summed E-state index contributed by atoms with van der Waals surface area (Å²) >= 11 is 0. The van der Waals surface area contributed by atoms with Gasteiger partial charge in [0, 0.05) is 25.0 Å². The largest absolute Gasteiger partial charge is 0.356 e. The lowest BCUT2D eigenvalue weighted by molar-refractivity contribution is -0.132. The van der Waals surface area contributed by atoms with Crippen molar-refractivity contribution in [3.63, 3.8) is 0 Å². The van der Waals surface area contributed by atoms with Crippen LogP contribution in [0.2, 0.25) is 0 Å². The highest BCUT2D eigenvalue weighted by molar-refractivity contribution is 7.89. The lowest BCUT2D eigenvalue weighted by Crippen LogP contribution is -2.44. The SMILES string of the molecule is Cc1ccc(S(=O)(=O)NCC2CCCN(C(=O)Cc3noc4ccccc34)C2)cc1. The molecule has 0 saturated carbocycles. The Morgan fingerprint density at radius 2 is 1.97 bits per heavy atom. The van der Waals surface area contributed by atoms with Gasteiger partial charge in [-0.1, -0.05) is 35.0 Å². The van der Waals surface area contributed by atoms with E-state index in [9.17, 15) is 13.2 Å². The summed E-state index contributed by atoms with van der Waals surface area (Å²) in [7, 11) is -3.56. The minimum atomic E-state index is -3.56. The summed E-state index contributed by atoms with van der Waals surface area (Å²) in [4.78, 5) is 14.9. The van der Waals surface area contributed by atoms with E-state index < -0.39 is 10.0 Å². The third-order valence-corrected chi connectivity index (χ3v) is 6.98. The van der Waals surface area contributed by atoms with Gasteiger partial charge in [-0.25, -0.2) is 13.1 Å². The molecular weight excluding hydrogens is 402 g/mol. The number of nitrogens with zero attached hydrogens (tertiary/aromatic N) is 2. The molecule has 1 N–H and O–H groups in total. The molecule has 1 aliphatic rings. The summed E-state index contributed by atoms with van der Waals surface area (Å²) in [6.07, 6.45) is 1.91. The molecule has 1 unspecified atom stereocenters. The highest BCUT2D eigenvalue weighted by atomic mass is 32.2. The molecule has 1 aromatic heterocycles. The van der Waals surface area contributed by atoms with Gasteiger partial charge in [0.15, 0.2) is 5.58 Å². The van der Waals surface area contributed by atoms with E-state index in [0.717, 1.165) is 23.8 Å². The Morgan fingerprint density at radius 3 is 2.77 bits per heavy atom. The lowest BCUT2D eigenvalue weighted by atomic mass is 9.98. The molecule has 0 aliphatic carbocycles. The Labute approximate surface area is 176 Å². The van der Waals surface area contributed by atoms with E-state index in [2.05, 4.69) is 9.88 Å². The van der Waals surface area contributed by atoms with Crippen molar-refractivity contribution in [3.8, 4) is 0 Å². The van der Waals surface area contributed by atoms with Crippen LogP contribution in [0, 0.1) is 12.8 Å². The number of benzene rings is 2. The van der Waals surface area contributed by atoms with Gasteiger partial charge in [-0.15, -0.1) is 0 Å². The number of nitrogens with one attached hydrogen (secondary N) is 1. The zero-order valence-electron chi connectivity index (χ0n) is 16.9. The van der Waals surface area contributed by atoms with Crippen LogP contribution in [0.15, 0.2) is 57.9 Å². The molecule has 7 nitrogen and oxygen atoms in total. The van der Waals surface area contributed by atoms with Crippen molar-refractivity contribution < 1.29 is 17.7 Å². The van der Waals surface area contributed by atoms with Crippen LogP contribution in [0.5, 0.6) is 0 Å². The number of aromatic nitrogens is 1. The molecule has 1 fully saturated rings. The Bertz CT molecular complexity index is 1140. The Hall–Kier alpha value is -2.71. The van der Waals surface area contributed by atoms with E-state index in [1.54, 1.807) is 29.2 Å². The molecule has 1 saturated heterocycles. The van der Waals surface area contributed by atoms with E-state index in [-0.39, 0.29) is 23.1 Å². The first-order chi connectivity index (χ1) is 14.4. The van der Waals surface area contributed by atoms with Gasteiger partial charge in [-0.3, -0.25) is 4.79 Å². The van der Waals surface area contributed by atoms with Crippen LogP contribution in [-0.2, 0) is 21.2 Å². The van der Waals surface area contributed by atoms with Gasteiger partial charge >= 0.3 is 0 Å². The standard InChI is InChI=1S/C22H25N3O4S/c1-16-8-10-18(11-9-16)30(27,28)23-14-17-5-4-12-25(15-17)22(26)13-20-19-6-2-3-7-21(19)29-24-20/h2-3,6-11,17,23H,4-5,12-15H2,1H3. The highest BCUT2D eigenvalue weighted by Gasteiger charge is 2.26. The zero-order chi connectivity index (χ0) is 21.1. The Balaban J connectivity index is 1.36. The van der Waals surface area contributed by atoms with E-state index in [1.807, 2.05) is 31.2 Å². The molecule has 4 rings (SSSR count). The summed E-state index contributed by atoms with van der Waals surface area (Å²) in [5.74, 6) is 0.0668. The number of para-hydroxylation sites is 1. The molecule has 0 radical (unpaired) electrons. The minimum Gasteiger partial charge on any atom is -0.356 e. The van der Waals surface area contributed by atoms with E-state index >= 15 is 0 Å². The summed E-state index contributed by atoms with van der Waals surface area (Å²) in [6.45, 7) is 3.44. The molecule has 1 aliphatic heterocycles. The average Bonchev–Trinajstić information content (AvgIpc) is 3.16. The predicted molar refractivity (Wildman–Crippen MR) is 113 cm³/mol. The molecule has 2 aromatic carbocycles. The van der Waals surface area contributed by atoms with E-state index in [4.69, 9.17) is 4.52 Å². The van der Waals surface area contributed by atoms with Crippen molar-refractivity contribution in [3.05, 3.63) is 59.8 Å². The maximum Gasteiger partial charge on any atom is 0.240 e. The van der Waals surface area contributed by atoms with Crippen LogP contribution >= 0.6 is 0 Å². The summed E-state index contributed by atoms with van der Waals surface area (Å²) in [6, 6.07) is 14.3. The molecule has 0 bridgehead atoms. The zero-order valence-corrected chi connectivity index (χ0v) is 17.7. The number of rotatable bonds is 6. The fourth-order valence-electron chi connectivity index (χ4n) is 3.81. The topological polar surface area (TPSA) is 92.5 Å². The van der Waals surface area contributed by atoms with Crippen molar-refractivity contribution in [2.24, 2.45) is 5.92 Å². The second-order valence-corrected chi connectivity index (χ2v) is 9.58. The van der Waals surface area contributed by atoms with Gasteiger partial charge in [0.25, 0.3) is 0 Å². The summed E-state index contributed by atoms with van der Waals surface area (Å²) < 4.78 is 33.0. The average molecular weight is 428 g/mol. The number of hydrogen-bond donors (Lipinski definition) is 1. The van der Waals surface area contributed by atoms with Gasteiger partial charge in [0.05, 0.1) is 11.3 Å². The second-order valence-electron chi connectivity index (χ2n) is 7.82. The monoisotopic (exact) mass is 427 g/mol. The number of likely N-dealkylation sites (tertiary alicyclic amines) is 1. The first kappa shape index (κ1) is 20.6. The number of carbonyl (C=O) groups is 1. The van der Waals surface area contributed by atoms with Gasteiger partial charge in [-0.2, -0.15) is 0 Å². The number of amides is 1. The van der Waals surface area contributed by atoms with Crippen LogP contribution in [0.3, 0.4) is 0 Å². The predicted octanol–water partition coefficient (Wildman–Crippen LogP) is 2.90. The van der Waals surface area contributed by atoms with Crippen LogP contribution in [-0.4, -0.2) is 44.0 Å². The molecular formula is C22H25N3O4S. The van der Waals surface area contributed by atoms with Crippen LogP contribution in [0.25, 0.3) is 11.0 Å². The van der Waals surface area contributed by atoms with Gasteiger partial charge in [0.2, 0.25) is 15.9 Å². The van der Waals surface area contributed by atoms with Crippen LogP contribution in [0.4, 0.5) is 0 Å². The maximum atomic E-state index is 12.8. The third-order valence-electron chi connectivity index (χ3n) is 5.54. The van der Waals surface area contributed by atoms with Gasteiger partial charge < -0.3 is 9.42 Å². The van der Waals surface area contributed by atoms with Crippen molar-refractivity contribution in [1.29, 1.82) is 0 Å². The highest BCUT2D eigenvalue weighted by Crippen LogP contribution is 2.21. The Morgan fingerprint density at radius 1 is 1.20 bits per heavy atom. The quantitative estimate of drug-likeness (QED) is 0.653. The number of piperidine rings is 1.